The first kappa shape index (κ1) is 20.1. The third kappa shape index (κ3) is 4.04. The van der Waals surface area contributed by atoms with E-state index < -0.39 is 0 Å². The highest BCUT2D eigenvalue weighted by atomic mass is 16.5. The highest BCUT2D eigenvalue weighted by Gasteiger charge is 2.30. The number of anilines is 2. The lowest BCUT2D eigenvalue weighted by Crippen LogP contribution is -2.45. The van der Waals surface area contributed by atoms with Gasteiger partial charge in [-0.25, -0.2) is 9.78 Å². The molecule has 31 heavy (non-hydrogen) atoms. The largest absolute Gasteiger partial charge is 0.378 e. The van der Waals surface area contributed by atoms with Gasteiger partial charge in [0.15, 0.2) is 0 Å². The summed E-state index contributed by atoms with van der Waals surface area (Å²) in [6, 6.07) is 8.62. The molecule has 8 heteroatoms. The number of hydrogen-bond donors (Lipinski definition) is 1. The van der Waals surface area contributed by atoms with Crippen molar-refractivity contribution in [2.45, 2.75) is 32.9 Å². The van der Waals surface area contributed by atoms with Crippen LogP contribution in [0.3, 0.4) is 0 Å². The van der Waals surface area contributed by atoms with Crippen molar-refractivity contribution in [2.75, 3.05) is 55.7 Å². The zero-order valence-corrected chi connectivity index (χ0v) is 18.1. The Kier molecular flexibility index (Phi) is 5.63. The SMILES string of the molecule is CCNC(=O)N1CCc2nc(N3CCc4ccccc4C3)nc(N3CCOCC3)c2C1. The Bertz CT molecular complexity index is 959. The molecule has 0 aliphatic carbocycles. The summed E-state index contributed by atoms with van der Waals surface area (Å²) >= 11 is 0. The Balaban J connectivity index is 1.48. The molecule has 2 amide bonds. The molecule has 2 aromatic rings. The van der Waals surface area contributed by atoms with Crippen LogP contribution >= 0.6 is 0 Å². The van der Waals surface area contributed by atoms with Crippen molar-refractivity contribution in [1.29, 1.82) is 0 Å². The normalized spacial score (nSPS) is 18.4. The van der Waals surface area contributed by atoms with Gasteiger partial charge in [-0.15, -0.1) is 0 Å². The highest BCUT2D eigenvalue weighted by Crippen LogP contribution is 2.31. The van der Waals surface area contributed by atoms with Crippen molar-refractivity contribution in [3.8, 4) is 0 Å². The standard InChI is InChI=1S/C23H30N6O2/c1-2-24-23(30)29-10-8-20-19(16-29)21(27-11-13-31-14-12-27)26-22(25-20)28-9-7-17-5-3-4-6-18(17)15-28/h3-6H,2,7-16H2,1H3,(H,24,30). The van der Waals surface area contributed by atoms with Gasteiger partial charge >= 0.3 is 6.03 Å². The molecule has 8 nitrogen and oxygen atoms in total. The van der Waals surface area contributed by atoms with Crippen LogP contribution in [0.5, 0.6) is 0 Å². The first-order valence-corrected chi connectivity index (χ1v) is 11.3. The number of urea groups is 1. The summed E-state index contributed by atoms with van der Waals surface area (Å²) < 4.78 is 5.57. The maximum Gasteiger partial charge on any atom is 0.317 e. The number of benzene rings is 1. The molecule has 3 aliphatic rings. The Morgan fingerprint density at radius 2 is 1.81 bits per heavy atom. The van der Waals surface area contributed by atoms with Gasteiger partial charge < -0.3 is 24.8 Å². The van der Waals surface area contributed by atoms with Gasteiger partial charge in [-0.3, -0.25) is 0 Å². The molecule has 4 heterocycles. The number of rotatable bonds is 3. The minimum Gasteiger partial charge on any atom is -0.378 e. The molecule has 0 radical (unpaired) electrons. The predicted octanol–water partition coefficient (Wildman–Crippen LogP) is 1.96. The van der Waals surface area contributed by atoms with E-state index in [2.05, 4.69) is 39.4 Å². The van der Waals surface area contributed by atoms with Crippen LogP contribution in [-0.2, 0) is 30.7 Å². The molecular weight excluding hydrogens is 392 g/mol. The van der Waals surface area contributed by atoms with Gasteiger partial charge in [0.2, 0.25) is 5.95 Å². The van der Waals surface area contributed by atoms with E-state index in [1.165, 1.54) is 11.1 Å². The second kappa shape index (κ2) is 8.70. The van der Waals surface area contributed by atoms with Crippen LogP contribution in [0.1, 0.15) is 29.3 Å². The van der Waals surface area contributed by atoms with Crippen molar-refractivity contribution in [3.63, 3.8) is 0 Å². The van der Waals surface area contributed by atoms with E-state index in [9.17, 15) is 4.79 Å². The molecule has 0 saturated carbocycles. The summed E-state index contributed by atoms with van der Waals surface area (Å²) in [4.78, 5) is 29.0. The Labute approximate surface area is 183 Å². The Hall–Kier alpha value is -2.87. The van der Waals surface area contributed by atoms with Crippen molar-refractivity contribution < 1.29 is 9.53 Å². The number of hydrogen-bond acceptors (Lipinski definition) is 6. The van der Waals surface area contributed by atoms with Crippen molar-refractivity contribution in [3.05, 3.63) is 46.6 Å². The average molecular weight is 423 g/mol. The number of morpholine rings is 1. The first-order valence-electron chi connectivity index (χ1n) is 11.3. The topological polar surface area (TPSA) is 73.8 Å². The summed E-state index contributed by atoms with van der Waals surface area (Å²) in [6.45, 7) is 8.59. The fraction of sp³-hybridized carbons (Fsp3) is 0.522. The number of nitrogens with zero attached hydrogens (tertiary/aromatic N) is 5. The average Bonchev–Trinajstić information content (AvgIpc) is 2.83. The molecule has 1 saturated heterocycles. The van der Waals surface area contributed by atoms with E-state index >= 15 is 0 Å². The van der Waals surface area contributed by atoms with E-state index in [4.69, 9.17) is 14.7 Å². The quantitative estimate of drug-likeness (QED) is 0.815. The summed E-state index contributed by atoms with van der Waals surface area (Å²) in [6.07, 6.45) is 1.76. The fourth-order valence-corrected chi connectivity index (χ4v) is 4.66. The van der Waals surface area contributed by atoms with Gasteiger partial charge in [-0.05, 0) is 24.5 Å². The molecule has 3 aliphatic heterocycles. The van der Waals surface area contributed by atoms with E-state index in [0.717, 1.165) is 62.0 Å². The van der Waals surface area contributed by atoms with Crippen LogP contribution in [0, 0.1) is 0 Å². The van der Waals surface area contributed by atoms with Gasteiger partial charge in [0.05, 0.1) is 25.5 Å². The van der Waals surface area contributed by atoms with Crippen LogP contribution < -0.4 is 15.1 Å². The Morgan fingerprint density at radius 1 is 1.00 bits per heavy atom. The molecule has 1 fully saturated rings. The lowest BCUT2D eigenvalue weighted by atomic mass is 10.0. The van der Waals surface area contributed by atoms with Crippen molar-refractivity contribution in [2.24, 2.45) is 0 Å². The predicted molar refractivity (Wildman–Crippen MR) is 119 cm³/mol. The third-order valence-corrected chi connectivity index (χ3v) is 6.37. The zero-order valence-electron chi connectivity index (χ0n) is 18.1. The lowest BCUT2D eigenvalue weighted by molar-refractivity contribution is 0.122. The number of amides is 2. The minimum absolute atomic E-state index is 0.0159. The number of nitrogens with one attached hydrogen (secondary N) is 1. The van der Waals surface area contributed by atoms with E-state index in [1.807, 2.05) is 11.8 Å². The van der Waals surface area contributed by atoms with Gasteiger partial charge in [-0.2, -0.15) is 4.98 Å². The minimum atomic E-state index is -0.0159. The monoisotopic (exact) mass is 422 g/mol. The van der Waals surface area contributed by atoms with E-state index in [-0.39, 0.29) is 6.03 Å². The zero-order chi connectivity index (χ0) is 21.2. The number of aromatic nitrogens is 2. The molecule has 1 aromatic carbocycles. The summed E-state index contributed by atoms with van der Waals surface area (Å²) in [5, 5.41) is 2.92. The van der Waals surface area contributed by atoms with Crippen LogP contribution in [0.4, 0.5) is 16.6 Å². The van der Waals surface area contributed by atoms with Crippen LogP contribution in [0.2, 0.25) is 0 Å². The van der Waals surface area contributed by atoms with Gasteiger partial charge in [0, 0.05) is 51.3 Å². The molecule has 0 atom stereocenters. The van der Waals surface area contributed by atoms with Crippen LogP contribution in [0.15, 0.2) is 24.3 Å². The highest BCUT2D eigenvalue weighted by molar-refractivity contribution is 5.75. The number of carbonyl (C=O) groups is 1. The van der Waals surface area contributed by atoms with Gasteiger partial charge in [0.1, 0.15) is 5.82 Å². The molecule has 0 bridgehead atoms. The molecule has 1 N–H and O–H groups in total. The first-order chi connectivity index (χ1) is 15.2. The number of ether oxygens (including phenoxy) is 1. The molecule has 1 aromatic heterocycles. The van der Waals surface area contributed by atoms with E-state index in [0.29, 0.717) is 32.8 Å². The summed E-state index contributed by atoms with van der Waals surface area (Å²) in [5.41, 5.74) is 4.93. The molecular formula is C23H30N6O2. The molecule has 164 valence electrons. The lowest BCUT2D eigenvalue weighted by Gasteiger charge is -2.36. The second-order valence-corrected chi connectivity index (χ2v) is 8.32. The maximum atomic E-state index is 12.5. The second-order valence-electron chi connectivity index (χ2n) is 8.32. The van der Waals surface area contributed by atoms with Crippen LogP contribution in [-0.4, -0.2) is 66.8 Å². The van der Waals surface area contributed by atoms with Crippen LogP contribution in [0.25, 0.3) is 0 Å². The van der Waals surface area contributed by atoms with Crippen molar-refractivity contribution in [1.82, 2.24) is 20.2 Å². The third-order valence-electron chi connectivity index (χ3n) is 6.37. The molecule has 0 unspecified atom stereocenters. The fourth-order valence-electron chi connectivity index (χ4n) is 4.66. The summed E-state index contributed by atoms with van der Waals surface area (Å²) in [5.74, 6) is 1.78. The van der Waals surface area contributed by atoms with Crippen molar-refractivity contribution >= 4 is 17.8 Å². The van der Waals surface area contributed by atoms with E-state index in [1.54, 1.807) is 0 Å². The number of fused-ring (bicyclic) bond motifs is 2. The smallest absolute Gasteiger partial charge is 0.317 e. The van der Waals surface area contributed by atoms with Gasteiger partial charge in [-0.1, -0.05) is 24.3 Å². The molecule has 5 rings (SSSR count). The molecule has 0 spiro atoms. The van der Waals surface area contributed by atoms with Gasteiger partial charge in [0.25, 0.3) is 0 Å². The summed E-state index contributed by atoms with van der Waals surface area (Å²) in [7, 11) is 0. The maximum absolute atomic E-state index is 12.5. The Morgan fingerprint density at radius 3 is 2.61 bits per heavy atom. The number of carbonyl (C=O) groups excluding carboxylic acids is 1.